The lowest BCUT2D eigenvalue weighted by Gasteiger charge is -2.58. The summed E-state index contributed by atoms with van der Waals surface area (Å²) in [6, 6.07) is 0. The van der Waals surface area contributed by atoms with E-state index in [0.29, 0.717) is 16.7 Å². The first-order chi connectivity index (χ1) is 11.4. The highest BCUT2D eigenvalue weighted by atomic mass is 16.3. The molecular formula is C22H34O2. The van der Waals surface area contributed by atoms with Gasteiger partial charge < -0.3 is 9.90 Å². The van der Waals surface area contributed by atoms with Gasteiger partial charge in [-0.25, -0.2) is 0 Å². The largest absolute Gasteiger partial charge is 0.389 e. The van der Waals surface area contributed by atoms with Gasteiger partial charge in [-0.1, -0.05) is 32.4 Å². The van der Waals surface area contributed by atoms with Crippen LogP contribution in [-0.4, -0.2) is 17.5 Å². The molecule has 4 aliphatic rings. The zero-order valence-electron chi connectivity index (χ0n) is 15.6. The molecule has 3 unspecified atom stereocenters. The summed E-state index contributed by atoms with van der Waals surface area (Å²) < 4.78 is 0. The number of aldehydes is 1. The van der Waals surface area contributed by atoms with E-state index in [1.54, 1.807) is 5.57 Å². The maximum Gasteiger partial charge on any atom is 0.123 e. The summed E-state index contributed by atoms with van der Waals surface area (Å²) >= 11 is 0. The van der Waals surface area contributed by atoms with Crippen molar-refractivity contribution < 1.29 is 9.90 Å². The Morgan fingerprint density at radius 1 is 1.12 bits per heavy atom. The maximum atomic E-state index is 11.4. The van der Waals surface area contributed by atoms with Crippen molar-refractivity contribution in [3.05, 3.63) is 11.6 Å². The monoisotopic (exact) mass is 330 g/mol. The Balaban J connectivity index is 1.63. The number of aliphatic hydroxyl groups is 1. The van der Waals surface area contributed by atoms with E-state index < -0.39 is 0 Å². The lowest BCUT2D eigenvalue weighted by atomic mass is 9.46. The molecule has 0 saturated heterocycles. The first-order valence-corrected chi connectivity index (χ1v) is 10.2. The molecule has 0 heterocycles. The van der Waals surface area contributed by atoms with E-state index in [0.717, 1.165) is 24.2 Å². The molecule has 0 aromatic rings. The molecule has 0 amide bonds. The summed E-state index contributed by atoms with van der Waals surface area (Å²) in [4.78, 5) is 11.4. The summed E-state index contributed by atoms with van der Waals surface area (Å²) in [5, 5.41) is 10.1. The van der Waals surface area contributed by atoms with Gasteiger partial charge in [-0.05, 0) is 85.9 Å². The molecule has 3 fully saturated rings. The molecule has 0 spiro atoms. The second-order valence-electron chi connectivity index (χ2n) is 9.85. The van der Waals surface area contributed by atoms with E-state index in [1.165, 1.54) is 51.2 Å². The van der Waals surface area contributed by atoms with Crippen molar-refractivity contribution in [1.82, 2.24) is 0 Å². The van der Waals surface area contributed by atoms with Crippen molar-refractivity contribution in [3.63, 3.8) is 0 Å². The van der Waals surface area contributed by atoms with Gasteiger partial charge in [0.05, 0.1) is 6.10 Å². The van der Waals surface area contributed by atoms with E-state index in [9.17, 15) is 9.90 Å². The molecule has 4 aliphatic carbocycles. The number of allylic oxidation sites excluding steroid dienone is 1. The normalized spacial score (nSPS) is 51.8. The Hall–Kier alpha value is -0.630. The fourth-order valence-electron chi connectivity index (χ4n) is 7.71. The molecule has 3 saturated carbocycles. The highest BCUT2D eigenvalue weighted by Crippen LogP contribution is 2.67. The van der Waals surface area contributed by atoms with Gasteiger partial charge in [0, 0.05) is 5.92 Å². The standard InChI is InChI=1S/C22H34O2/c1-14(13-23)18-6-7-19-17-5-4-15-12-16(24)8-10-21(15,2)20(17)9-11-22(18,19)3/h12-14,16-20,24H,4-11H2,1-3H3/t14-,16?,17+,18-,19?,20?,21+,22-/m1/s1. The number of aliphatic hydroxyl groups excluding tert-OH is 1. The van der Waals surface area contributed by atoms with Crippen LogP contribution >= 0.6 is 0 Å². The first-order valence-electron chi connectivity index (χ1n) is 10.2. The number of hydrogen-bond acceptors (Lipinski definition) is 2. The van der Waals surface area contributed by atoms with Crippen LogP contribution in [0.2, 0.25) is 0 Å². The third-order valence-electron chi connectivity index (χ3n) is 9.01. The number of carbonyl (C=O) groups is 1. The second kappa shape index (κ2) is 5.69. The van der Waals surface area contributed by atoms with E-state index in [4.69, 9.17) is 0 Å². The second-order valence-corrected chi connectivity index (χ2v) is 9.85. The third-order valence-corrected chi connectivity index (χ3v) is 9.01. The van der Waals surface area contributed by atoms with E-state index in [1.807, 2.05) is 0 Å². The van der Waals surface area contributed by atoms with Crippen molar-refractivity contribution in [3.8, 4) is 0 Å². The van der Waals surface area contributed by atoms with Crippen molar-refractivity contribution in [1.29, 1.82) is 0 Å². The van der Waals surface area contributed by atoms with Crippen LogP contribution in [0, 0.1) is 40.4 Å². The van der Waals surface area contributed by atoms with Gasteiger partial charge in [-0.3, -0.25) is 0 Å². The van der Waals surface area contributed by atoms with Gasteiger partial charge in [0.15, 0.2) is 0 Å². The Morgan fingerprint density at radius 2 is 1.92 bits per heavy atom. The maximum absolute atomic E-state index is 11.4. The Bertz CT molecular complexity index is 552. The zero-order valence-corrected chi connectivity index (χ0v) is 15.6. The minimum atomic E-state index is -0.206. The van der Waals surface area contributed by atoms with E-state index >= 15 is 0 Å². The van der Waals surface area contributed by atoms with Crippen LogP contribution < -0.4 is 0 Å². The minimum Gasteiger partial charge on any atom is -0.389 e. The molecule has 1 N–H and O–H groups in total. The Morgan fingerprint density at radius 3 is 2.67 bits per heavy atom. The molecule has 24 heavy (non-hydrogen) atoms. The highest BCUT2D eigenvalue weighted by Gasteiger charge is 2.59. The topological polar surface area (TPSA) is 37.3 Å². The lowest BCUT2D eigenvalue weighted by Crippen LogP contribution is -2.51. The smallest absolute Gasteiger partial charge is 0.123 e. The molecule has 4 rings (SSSR count). The Labute approximate surface area is 147 Å². The molecule has 2 heteroatoms. The predicted molar refractivity (Wildman–Crippen MR) is 96.4 cm³/mol. The van der Waals surface area contributed by atoms with Gasteiger partial charge in [-0.15, -0.1) is 0 Å². The summed E-state index contributed by atoms with van der Waals surface area (Å²) in [6.07, 6.45) is 13.0. The summed E-state index contributed by atoms with van der Waals surface area (Å²) in [7, 11) is 0. The molecule has 0 radical (unpaired) electrons. The van der Waals surface area contributed by atoms with Gasteiger partial charge in [-0.2, -0.15) is 0 Å². The average Bonchev–Trinajstić information content (AvgIpc) is 2.92. The van der Waals surface area contributed by atoms with Crippen LogP contribution in [0.5, 0.6) is 0 Å². The Kier molecular flexibility index (Phi) is 3.99. The van der Waals surface area contributed by atoms with E-state index in [-0.39, 0.29) is 12.0 Å². The molecule has 0 bridgehead atoms. The molecule has 134 valence electrons. The number of carbonyl (C=O) groups excluding carboxylic acids is 1. The fraction of sp³-hybridized carbons (Fsp3) is 0.864. The van der Waals surface area contributed by atoms with Crippen LogP contribution in [0.4, 0.5) is 0 Å². The SMILES string of the molecule is C[C@H](C=O)[C@H]1CCC2[C@@H]3CCC4=CC(O)CC[C@]4(C)C3CC[C@@]21C. The molecular weight excluding hydrogens is 296 g/mol. The average molecular weight is 331 g/mol. The van der Waals surface area contributed by atoms with E-state index in [2.05, 4.69) is 26.8 Å². The van der Waals surface area contributed by atoms with Crippen LogP contribution in [-0.2, 0) is 4.79 Å². The van der Waals surface area contributed by atoms with Crippen molar-refractivity contribution in [2.24, 2.45) is 40.4 Å². The van der Waals surface area contributed by atoms with Gasteiger partial charge in [0.1, 0.15) is 6.29 Å². The number of rotatable bonds is 2. The molecule has 0 aromatic carbocycles. The predicted octanol–water partition coefficient (Wildman–Crippen LogP) is 4.76. The van der Waals surface area contributed by atoms with Crippen molar-refractivity contribution in [2.45, 2.75) is 78.2 Å². The number of hydrogen-bond donors (Lipinski definition) is 1. The highest BCUT2D eigenvalue weighted by molar-refractivity contribution is 5.53. The minimum absolute atomic E-state index is 0.206. The quantitative estimate of drug-likeness (QED) is 0.585. The van der Waals surface area contributed by atoms with Crippen LogP contribution in [0.3, 0.4) is 0 Å². The van der Waals surface area contributed by atoms with Crippen LogP contribution in [0.25, 0.3) is 0 Å². The fourth-order valence-corrected chi connectivity index (χ4v) is 7.71. The van der Waals surface area contributed by atoms with Gasteiger partial charge in [0.25, 0.3) is 0 Å². The molecule has 0 aromatic heterocycles. The van der Waals surface area contributed by atoms with Crippen LogP contribution in [0.1, 0.15) is 72.1 Å². The molecule has 8 atom stereocenters. The van der Waals surface area contributed by atoms with Crippen LogP contribution in [0.15, 0.2) is 11.6 Å². The zero-order chi connectivity index (χ0) is 17.1. The summed E-state index contributed by atoms with van der Waals surface area (Å²) in [5.41, 5.74) is 2.27. The van der Waals surface area contributed by atoms with Crippen molar-refractivity contribution >= 4 is 6.29 Å². The molecule has 2 nitrogen and oxygen atoms in total. The number of fused-ring (bicyclic) bond motifs is 5. The molecule has 0 aliphatic heterocycles. The first kappa shape index (κ1) is 16.8. The lowest BCUT2D eigenvalue weighted by molar-refractivity contribution is -0.115. The van der Waals surface area contributed by atoms with Gasteiger partial charge >= 0.3 is 0 Å². The summed E-state index contributed by atoms with van der Waals surface area (Å²) in [5.74, 6) is 3.27. The van der Waals surface area contributed by atoms with Gasteiger partial charge in [0.2, 0.25) is 0 Å². The van der Waals surface area contributed by atoms with Crippen molar-refractivity contribution in [2.75, 3.05) is 0 Å². The summed E-state index contributed by atoms with van der Waals surface area (Å²) in [6.45, 7) is 7.14. The third kappa shape index (κ3) is 2.21.